The van der Waals surface area contributed by atoms with Gasteiger partial charge < -0.3 is 4.90 Å². The zero-order valence-corrected chi connectivity index (χ0v) is 8.61. The number of quaternary nitrogens is 1. The van der Waals surface area contributed by atoms with Crippen LogP contribution in [0.4, 0.5) is 5.69 Å². The number of nitro groups is 1. The summed E-state index contributed by atoms with van der Waals surface area (Å²) in [7, 11) is 0. The quantitative estimate of drug-likeness (QED) is 0.588. The molecule has 4 nitrogen and oxygen atoms in total. The molecule has 1 saturated heterocycles. The largest absolute Gasteiger partial charge is 0.331 e. The molecule has 80 valence electrons. The van der Waals surface area contributed by atoms with Crippen LogP contribution < -0.4 is 4.90 Å². The van der Waals surface area contributed by atoms with E-state index in [2.05, 4.69) is 0 Å². The maximum atomic E-state index is 10.6. The van der Waals surface area contributed by atoms with Crippen LogP contribution in [0.2, 0.25) is 0 Å². The van der Waals surface area contributed by atoms with Gasteiger partial charge in [0.15, 0.2) is 0 Å². The van der Waals surface area contributed by atoms with Crippen molar-refractivity contribution in [3.05, 3.63) is 39.9 Å². The highest BCUT2D eigenvalue weighted by molar-refractivity contribution is 5.33. The maximum absolute atomic E-state index is 10.6. The zero-order chi connectivity index (χ0) is 10.7. The fourth-order valence-corrected chi connectivity index (χ4v) is 2.12. The average molecular weight is 207 g/mol. The first-order chi connectivity index (χ1) is 7.25. The minimum atomic E-state index is -0.331. The van der Waals surface area contributed by atoms with Gasteiger partial charge in [-0.3, -0.25) is 10.1 Å². The Morgan fingerprint density at radius 3 is 2.73 bits per heavy atom. The average Bonchev–Trinajstić information content (AvgIpc) is 2.71. The molecule has 2 rings (SSSR count). The van der Waals surface area contributed by atoms with Crippen LogP contribution in [0.15, 0.2) is 24.3 Å². The summed E-state index contributed by atoms with van der Waals surface area (Å²) in [5.74, 6) is 0. The first-order valence-electron chi connectivity index (χ1n) is 5.32. The molecule has 0 spiro atoms. The van der Waals surface area contributed by atoms with Crippen molar-refractivity contribution in [1.82, 2.24) is 0 Å². The minimum absolute atomic E-state index is 0.200. The topological polar surface area (TPSA) is 47.6 Å². The van der Waals surface area contributed by atoms with Crippen LogP contribution >= 0.6 is 0 Å². The molecule has 0 atom stereocenters. The van der Waals surface area contributed by atoms with Crippen molar-refractivity contribution < 1.29 is 9.82 Å². The van der Waals surface area contributed by atoms with Crippen molar-refractivity contribution in [2.45, 2.75) is 19.4 Å². The van der Waals surface area contributed by atoms with Gasteiger partial charge in [-0.2, -0.15) is 0 Å². The summed E-state index contributed by atoms with van der Waals surface area (Å²) < 4.78 is 0. The highest BCUT2D eigenvalue weighted by atomic mass is 16.6. The SMILES string of the molecule is O=[N+]([O-])c1cccc(C[NH+]2CCCC2)c1. The fourth-order valence-electron chi connectivity index (χ4n) is 2.12. The Morgan fingerprint density at radius 2 is 2.07 bits per heavy atom. The molecule has 15 heavy (non-hydrogen) atoms. The molecule has 1 aromatic carbocycles. The Morgan fingerprint density at radius 1 is 1.33 bits per heavy atom. The van der Waals surface area contributed by atoms with Crippen LogP contribution in [0.5, 0.6) is 0 Å². The van der Waals surface area contributed by atoms with E-state index < -0.39 is 0 Å². The van der Waals surface area contributed by atoms with Crippen molar-refractivity contribution in [3.63, 3.8) is 0 Å². The van der Waals surface area contributed by atoms with Gasteiger partial charge in [0, 0.05) is 30.5 Å². The summed E-state index contributed by atoms with van der Waals surface area (Å²) in [6.45, 7) is 3.31. The summed E-state index contributed by atoms with van der Waals surface area (Å²) in [6, 6.07) is 6.97. The predicted octanol–water partition coefficient (Wildman–Crippen LogP) is 0.773. The molecule has 1 heterocycles. The number of non-ortho nitro benzene ring substituents is 1. The van der Waals surface area contributed by atoms with E-state index >= 15 is 0 Å². The lowest BCUT2D eigenvalue weighted by molar-refractivity contribution is -0.901. The molecule has 1 aliphatic heterocycles. The van der Waals surface area contributed by atoms with Crippen molar-refractivity contribution >= 4 is 5.69 Å². The Balaban J connectivity index is 2.07. The van der Waals surface area contributed by atoms with E-state index in [1.807, 2.05) is 6.07 Å². The van der Waals surface area contributed by atoms with Crippen LogP contribution in [0.1, 0.15) is 18.4 Å². The maximum Gasteiger partial charge on any atom is 0.269 e. The van der Waals surface area contributed by atoms with E-state index in [9.17, 15) is 10.1 Å². The smallest absolute Gasteiger partial charge is 0.269 e. The van der Waals surface area contributed by atoms with E-state index in [1.54, 1.807) is 18.2 Å². The molecular formula is C11H15N2O2+. The lowest BCUT2D eigenvalue weighted by atomic mass is 10.2. The van der Waals surface area contributed by atoms with Crippen LogP contribution in [-0.2, 0) is 6.54 Å². The molecule has 1 aliphatic rings. The van der Waals surface area contributed by atoms with Crippen molar-refractivity contribution in [1.29, 1.82) is 0 Å². The number of benzene rings is 1. The van der Waals surface area contributed by atoms with Gasteiger partial charge in [-0.15, -0.1) is 0 Å². The third-order valence-electron chi connectivity index (χ3n) is 2.89. The van der Waals surface area contributed by atoms with E-state index in [-0.39, 0.29) is 10.6 Å². The Kier molecular flexibility index (Phi) is 2.97. The van der Waals surface area contributed by atoms with Crippen molar-refractivity contribution in [3.8, 4) is 0 Å². The molecular weight excluding hydrogens is 192 g/mol. The van der Waals surface area contributed by atoms with Gasteiger partial charge >= 0.3 is 0 Å². The van der Waals surface area contributed by atoms with Crippen LogP contribution in [0.3, 0.4) is 0 Å². The number of nitro benzene ring substituents is 1. The Hall–Kier alpha value is -1.42. The number of rotatable bonds is 3. The minimum Gasteiger partial charge on any atom is -0.331 e. The zero-order valence-electron chi connectivity index (χ0n) is 8.61. The molecule has 0 unspecified atom stereocenters. The third-order valence-corrected chi connectivity index (χ3v) is 2.89. The molecule has 0 aliphatic carbocycles. The second kappa shape index (κ2) is 4.40. The van der Waals surface area contributed by atoms with Gasteiger partial charge in [0.05, 0.1) is 18.0 Å². The molecule has 1 aromatic rings. The molecule has 1 N–H and O–H groups in total. The van der Waals surface area contributed by atoms with Crippen LogP contribution in [0.25, 0.3) is 0 Å². The molecule has 0 aromatic heterocycles. The highest BCUT2D eigenvalue weighted by Crippen LogP contribution is 2.12. The van der Waals surface area contributed by atoms with Gasteiger partial charge in [0.25, 0.3) is 5.69 Å². The number of likely N-dealkylation sites (tertiary alicyclic amines) is 1. The second-order valence-electron chi connectivity index (χ2n) is 4.06. The van der Waals surface area contributed by atoms with E-state index in [1.165, 1.54) is 30.8 Å². The second-order valence-corrected chi connectivity index (χ2v) is 4.06. The van der Waals surface area contributed by atoms with Crippen LogP contribution in [0, 0.1) is 10.1 Å². The molecule has 1 fully saturated rings. The Labute approximate surface area is 88.7 Å². The number of hydrogen-bond donors (Lipinski definition) is 1. The number of nitrogens with zero attached hydrogens (tertiary/aromatic N) is 1. The predicted molar refractivity (Wildman–Crippen MR) is 56.7 cm³/mol. The first kappa shape index (κ1) is 10.1. The van der Waals surface area contributed by atoms with Crippen molar-refractivity contribution in [2.75, 3.05) is 13.1 Å². The summed E-state index contributed by atoms with van der Waals surface area (Å²) in [4.78, 5) is 11.8. The van der Waals surface area contributed by atoms with Gasteiger partial charge in [0.2, 0.25) is 0 Å². The normalized spacial score (nSPS) is 16.8. The first-order valence-corrected chi connectivity index (χ1v) is 5.32. The van der Waals surface area contributed by atoms with Gasteiger partial charge in [-0.05, 0) is 0 Å². The lowest BCUT2D eigenvalue weighted by Gasteiger charge is -2.11. The Bertz CT molecular complexity index is 359. The molecule has 4 heteroatoms. The standard InChI is InChI=1S/C11H14N2O2/c14-13(15)11-5-3-4-10(8-11)9-12-6-1-2-7-12/h3-5,8H,1-2,6-7,9H2/p+1. The summed E-state index contributed by atoms with van der Waals surface area (Å²) in [5.41, 5.74) is 1.27. The summed E-state index contributed by atoms with van der Waals surface area (Å²) in [6.07, 6.45) is 2.56. The van der Waals surface area contributed by atoms with Gasteiger partial charge in [-0.25, -0.2) is 0 Å². The van der Waals surface area contributed by atoms with Gasteiger partial charge in [-0.1, -0.05) is 12.1 Å². The van der Waals surface area contributed by atoms with E-state index in [0.717, 1.165) is 12.1 Å². The molecule has 0 bridgehead atoms. The molecule has 0 radical (unpaired) electrons. The summed E-state index contributed by atoms with van der Waals surface area (Å²) in [5, 5.41) is 10.6. The van der Waals surface area contributed by atoms with E-state index in [0.29, 0.717) is 0 Å². The number of nitrogens with one attached hydrogen (secondary N) is 1. The fraction of sp³-hybridized carbons (Fsp3) is 0.455. The summed E-state index contributed by atoms with van der Waals surface area (Å²) >= 11 is 0. The monoisotopic (exact) mass is 207 g/mol. The van der Waals surface area contributed by atoms with E-state index in [4.69, 9.17) is 0 Å². The third kappa shape index (κ3) is 2.53. The molecule has 0 amide bonds. The van der Waals surface area contributed by atoms with Gasteiger partial charge in [0.1, 0.15) is 6.54 Å². The molecule has 0 saturated carbocycles. The number of hydrogen-bond acceptors (Lipinski definition) is 2. The lowest BCUT2D eigenvalue weighted by Crippen LogP contribution is -3.08. The highest BCUT2D eigenvalue weighted by Gasteiger charge is 2.16. The van der Waals surface area contributed by atoms with Crippen molar-refractivity contribution in [2.24, 2.45) is 0 Å². The van der Waals surface area contributed by atoms with Crippen LogP contribution in [-0.4, -0.2) is 18.0 Å².